The van der Waals surface area contributed by atoms with Gasteiger partial charge >= 0.3 is 0 Å². The normalized spacial score (nSPS) is 25.3. The molecule has 2 atom stereocenters. The van der Waals surface area contributed by atoms with E-state index in [2.05, 4.69) is 29.4 Å². The first-order chi connectivity index (χ1) is 8.04. The van der Waals surface area contributed by atoms with Crippen LogP contribution in [0.15, 0.2) is 0 Å². The zero-order chi connectivity index (χ0) is 12.8. The second kappa shape index (κ2) is 6.97. The van der Waals surface area contributed by atoms with E-state index in [9.17, 15) is 4.79 Å². The van der Waals surface area contributed by atoms with Crippen LogP contribution in [0.3, 0.4) is 0 Å². The second-order valence-corrected chi connectivity index (χ2v) is 5.32. The summed E-state index contributed by atoms with van der Waals surface area (Å²) in [6.45, 7) is 12.0. The van der Waals surface area contributed by atoms with Crippen LogP contribution in [0, 0.1) is 5.92 Å². The third-order valence-electron chi connectivity index (χ3n) is 3.41. The van der Waals surface area contributed by atoms with E-state index in [1.165, 1.54) is 0 Å². The van der Waals surface area contributed by atoms with Crippen LogP contribution in [0.5, 0.6) is 0 Å². The Kier molecular flexibility index (Phi) is 5.92. The van der Waals surface area contributed by atoms with Gasteiger partial charge in [-0.15, -0.1) is 0 Å². The first kappa shape index (κ1) is 14.5. The molecule has 0 bridgehead atoms. The van der Waals surface area contributed by atoms with Crippen molar-refractivity contribution in [3.05, 3.63) is 0 Å². The fourth-order valence-corrected chi connectivity index (χ4v) is 2.56. The van der Waals surface area contributed by atoms with Gasteiger partial charge in [0, 0.05) is 12.1 Å². The highest BCUT2D eigenvalue weighted by Crippen LogP contribution is 2.17. The average Bonchev–Trinajstić information content (AvgIpc) is 2.26. The van der Waals surface area contributed by atoms with Crippen molar-refractivity contribution in [1.82, 2.24) is 15.5 Å². The molecular weight excluding hydrogens is 214 g/mol. The monoisotopic (exact) mass is 241 g/mol. The second-order valence-electron chi connectivity index (χ2n) is 5.32. The molecule has 2 N–H and O–H groups in total. The van der Waals surface area contributed by atoms with E-state index in [1.807, 2.05) is 13.8 Å². The minimum absolute atomic E-state index is 0.146. The van der Waals surface area contributed by atoms with E-state index >= 15 is 0 Å². The number of nitrogens with zero attached hydrogens (tertiary/aromatic N) is 1. The number of likely N-dealkylation sites (N-methyl/N-ethyl adjacent to an activating group) is 1. The van der Waals surface area contributed by atoms with Crippen LogP contribution in [-0.4, -0.2) is 49.1 Å². The highest BCUT2D eigenvalue weighted by Gasteiger charge is 2.27. The summed E-state index contributed by atoms with van der Waals surface area (Å²) in [5.41, 5.74) is 0. The molecule has 1 heterocycles. The summed E-state index contributed by atoms with van der Waals surface area (Å²) < 4.78 is 0. The van der Waals surface area contributed by atoms with Gasteiger partial charge in [-0.1, -0.05) is 13.8 Å². The van der Waals surface area contributed by atoms with Gasteiger partial charge in [0.2, 0.25) is 5.91 Å². The molecule has 4 heteroatoms. The number of carbonyl (C=O) groups is 1. The zero-order valence-electron chi connectivity index (χ0n) is 11.6. The Hall–Kier alpha value is -0.610. The number of carbonyl (C=O) groups excluding carboxylic acids is 1. The molecule has 1 amide bonds. The van der Waals surface area contributed by atoms with E-state index in [0.717, 1.165) is 26.1 Å². The van der Waals surface area contributed by atoms with Gasteiger partial charge in [0.25, 0.3) is 0 Å². The molecule has 1 aliphatic heterocycles. The maximum atomic E-state index is 11.8. The minimum Gasteiger partial charge on any atom is -0.353 e. The zero-order valence-corrected chi connectivity index (χ0v) is 11.6. The molecular formula is C13H27N3O. The molecule has 0 radical (unpaired) electrons. The summed E-state index contributed by atoms with van der Waals surface area (Å²) in [6, 6.07) is 0.769. The summed E-state index contributed by atoms with van der Waals surface area (Å²) in [7, 11) is 0. The van der Waals surface area contributed by atoms with E-state index in [-0.39, 0.29) is 11.9 Å². The predicted molar refractivity (Wildman–Crippen MR) is 71.0 cm³/mol. The topological polar surface area (TPSA) is 44.4 Å². The van der Waals surface area contributed by atoms with Gasteiger partial charge in [-0.05, 0) is 45.8 Å². The number of rotatable bonds is 5. The highest BCUT2D eigenvalue weighted by molar-refractivity contribution is 5.78. The molecule has 0 saturated carbocycles. The van der Waals surface area contributed by atoms with Crippen molar-refractivity contribution in [3.63, 3.8) is 0 Å². The third kappa shape index (κ3) is 4.64. The fourth-order valence-electron chi connectivity index (χ4n) is 2.56. The van der Waals surface area contributed by atoms with Gasteiger partial charge in [-0.25, -0.2) is 0 Å². The lowest BCUT2D eigenvalue weighted by Gasteiger charge is -2.38. The van der Waals surface area contributed by atoms with Gasteiger partial charge < -0.3 is 10.6 Å². The molecule has 1 aliphatic rings. The van der Waals surface area contributed by atoms with Gasteiger partial charge in [-0.2, -0.15) is 0 Å². The molecule has 100 valence electrons. The minimum atomic E-state index is 0.146. The number of hydrogen-bond acceptors (Lipinski definition) is 3. The Balaban J connectivity index is 2.49. The maximum Gasteiger partial charge on any atom is 0.234 e. The van der Waals surface area contributed by atoms with E-state index in [4.69, 9.17) is 0 Å². The standard InChI is InChI=1S/C13H27N3O/c1-5-16(9-13(17)15-10(2)3)12-6-7-14-8-11(12)4/h10-12,14H,5-9H2,1-4H3,(H,15,17). The number of hydrogen-bond donors (Lipinski definition) is 2. The highest BCUT2D eigenvalue weighted by atomic mass is 16.2. The molecule has 2 unspecified atom stereocenters. The molecule has 4 nitrogen and oxygen atoms in total. The number of nitrogens with one attached hydrogen (secondary N) is 2. The average molecular weight is 241 g/mol. The van der Waals surface area contributed by atoms with Crippen LogP contribution in [0.4, 0.5) is 0 Å². The summed E-state index contributed by atoms with van der Waals surface area (Å²) in [5.74, 6) is 0.767. The van der Waals surface area contributed by atoms with E-state index in [1.54, 1.807) is 0 Å². The fraction of sp³-hybridized carbons (Fsp3) is 0.923. The van der Waals surface area contributed by atoms with Crippen LogP contribution >= 0.6 is 0 Å². The summed E-state index contributed by atoms with van der Waals surface area (Å²) in [6.07, 6.45) is 1.14. The van der Waals surface area contributed by atoms with Crippen molar-refractivity contribution in [2.45, 2.75) is 46.2 Å². The van der Waals surface area contributed by atoms with Crippen molar-refractivity contribution < 1.29 is 4.79 Å². The molecule has 0 aliphatic carbocycles. The Morgan fingerprint density at radius 2 is 2.24 bits per heavy atom. The molecule has 17 heavy (non-hydrogen) atoms. The molecule has 1 rings (SSSR count). The first-order valence-electron chi connectivity index (χ1n) is 6.78. The number of piperidine rings is 1. The molecule has 1 fully saturated rings. The summed E-state index contributed by atoms with van der Waals surface area (Å²) in [5, 5.41) is 6.37. The molecule has 0 spiro atoms. The van der Waals surface area contributed by atoms with Crippen LogP contribution in [0.2, 0.25) is 0 Å². The SMILES string of the molecule is CCN(CC(=O)NC(C)C)C1CCNCC1C. The van der Waals surface area contributed by atoms with Crippen molar-refractivity contribution in [2.24, 2.45) is 5.92 Å². The Labute approximate surface area is 105 Å². The third-order valence-corrected chi connectivity index (χ3v) is 3.41. The van der Waals surface area contributed by atoms with Crippen molar-refractivity contribution in [1.29, 1.82) is 0 Å². The van der Waals surface area contributed by atoms with Gasteiger partial charge in [0.1, 0.15) is 0 Å². The largest absolute Gasteiger partial charge is 0.353 e. The smallest absolute Gasteiger partial charge is 0.234 e. The van der Waals surface area contributed by atoms with Crippen LogP contribution in [0.1, 0.15) is 34.1 Å². The van der Waals surface area contributed by atoms with Gasteiger partial charge in [0.05, 0.1) is 6.54 Å². The van der Waals surface area contributed by atoms with Gasteiger partial charge in [-0.3, -0.25) is 9.69 Å². The quantitative estimate of drug-likeness (QED) is 0.749. The van der Waals surface area contributed by atoms with Crippen LogP contribution in [-0.2, 0) is 4.79 Å². The molecule has 0 aromatic rings. The van der Waals surface area contributed by atoms with Crippen molar-refractivity contribution in [3.8, 4) is 0 Å². The Morgan fingerprint density at radius 3 is 2.76 bits per heavy atom. The summed E-state index contributed by atoms with van der Waals surface area (Å²) >= 11 is 0. The van der Waals surface area contributed by atoms with Crippen molar-refractivity contribution in [2.75, 3.05) is 26.2 Å². The first-order valence-corrected chi connectivity index (χ1v) is 6.78. The van der Waals surface area contributed by atoms with Gasteiger partial charge in [0.15, 0.2) is 0 Å². The molecule has 0 aromatic heterocycles. The van der Waals surface area contributed by atoms with E-state index in [0.29, 0.717) is 18.5 Å². The van der Waals surface area contributed by atoms with Crippen LogP contribution < -0.4 is 10.6 Å². The lowest BCUT2D eigenvalue weighted by atomic mass is 9.93. The van der Waals surface area contributed by atoms with Crippen molar-refractivity contribution >= 4 is 5.91 Å². The molecule has 1 saturated heterocycles. The number of amides is 1. The Bertz CT molecular complexity index is 243. The molecule has 0 aromatic carbocycles. The predicted octanol–water partition coefficient (Wildman–Crippen LogP) is 0.831. The maximum absolute atomic E-state index is 11.8. The summed E-state index contributed by atoms with van der Waals surface area (Å²) in [4.78, 5) is 14.1. The lowest BCUT2D eigenvalue weighted by molar-refractivity contribution is -0.123. The Morgan fingerprint density at radius 1 is 1.53 bits per heavy atom. The van der Waals surface area contributed by atoms with E-state index < -0.39 is 0 Å². The lowest BCUT2D eigenvalue weighted by Crippen LogP contribution is -2.51. The van der Waals surface area contributed by atoms with Crippen LogP contribution in [0.25, 0.3) is 0 Å².